The van der Waals surface area contributed by atoms with Gasteiger partial charge < -0.3 is 15.6 Å². The molecule has 0 aliphatic rings. The molecule has 0 radical (unpaired) electrons. The second-order valence-electron chi connectivity index (χ2n) is 5.67. The number of aliphatic carboxylic acids is 1. The van der Waals surface area contributed by atoms with E-state index in [4.69, 9.17) is 15.6 Å². The summed E-state index contributed by atoms with van der Waals surface area (Å²) in [5.74, 6) is -0.266. The van der Waals surface area contributed by atoms with Crippen LogP contribution in [0.4, 0.5) is 0 Å². The van der Waals surface area contributed by atoms with Crippen molar-refractivity contribution >= 4 is 5.97 Å². The van der Waals surface area contributed by atoms with E-state index in [0.29, 0.717) is 18.9 Å². The Morgan fingerprint density at radius 2 is 2.00 bits per heavy atom. The third kappa shape index (κ3) is 9.00. The van der Waals surface area contributed by atoms with E-state index in [0.717, 1.165) is 19.4 Å². The summed E-state index contributed by atoms with van der Waals surface area (Å²) in [7, 11) is 0. The molecule has 3 N–H and O–H groups in total. The number of rotatable bonds is 12. The van der Waals surface area contributed by atoms with E-state index in [1.54, 1.807) is 6.92 Å². The number of carbonyl (C=O) groups is 1. The van der Waals surface area contributed by atoms with Crippen molar-refractivity contribution in [2.24, 2.45) is 11.7 Å². The number of nitrogens with two attached hydrogens (primary N) is 1. The molecule has 0 aromatic carbocycles. The largest absolute Gasteiger partial charge is 0.480 e. The average molecular weight is 273 g/mol. The number of carboxylic acid groups (broad SMARTS) is 1. The molecule has 2 unspecified atom stereocenters. The first-order chi connectivity index (χ1) is 8.94. The third-order valence-electron chi connectivity index (χ3n) is 3.62. The minimum absolute atomic E-state index is 0.499. The maximum absolute atomic E-state index is 10.8. The summed E-state index contributed by atoms with van der Waals surface area (Å²) in [5.41, 5.74) is 4.55. The van der Waals surface area contributed by atoms with Crippen molar-refractivity contribution in [3.05, 3.63) is 0 Å². The lowest BCUT2D eigenvalue weighted by atomic mass is 9.96. The fourth-order valence-corrected chi connectivity index (χ4v) is 1.95. The van der Waals surface area contributed by atoms with Gasteiger partial charge >= 0.3 is 5.97 Å². The van der Waals surface area contributed by atoms with Crippen LogP contribution in [0.25, 0.3) is 0 Å². The van der Waals surface area contributed by atoms with Gasteiger partial charge in [0.15, 0.2) is 0 Å². The Morgan fingerprint density at radius 3 is 2.53 bits per heavy atom. The number of unbranched alkanes of at least 4 members (excludes halogenated alkanes) is 2. The molecule has 0 amide bonds. The quantitative estimate of drug-likeness (QED) is 0.536. The van der Waals surface area contributed by atoms with Crippen molar-refractivity contribution in [3.8, 4) is 0 Å². The highest BCUT2D eigenvalue weighted by Crippen LogP contribution is 2.14. The van der Waals surface area contributed by atoms with Gasteiger partial charge in [0, 0.05) is 13.2 Å². The number of carboxylic acids is 1. The van der Waals surface area contributed by atoms with Crippen molar-refractivity contribution in [3.63, 3.8) is 0 Å². The second-order valence-corrected chi connectivity index (χ2v) is 5.67. The van der Waals surface area contributed by atoms with Crippen LogP contribution in [0.5, 0.6) is 0 Å². The number of hydrogen-bond donors (Lipinski definition) is 2. The highest BCUT2D eigenvalue weighted by molar-refractivity contribution is 5.77. The molecule has 0 aliphatic carbocycles. The van der Waals surface area contributed by atoms with Crippen LogP contribution in [0.15, 0.2) is 0 Å². The highest BCUT2D eigenvalue weighted by atomic mass is 16.5. The normalized spacial score (nSPS) is 16.0. The summed E-state index contributed by atoms with van der Waals surface area (Å²) in [5, 5.41) is 8.87. The van der Waals surface area contributed by atoms with Gasteiger partial charge in [-0.1, -0.05) is 33.1 Å². The lowest BCUT2D eigenvalue weighted by Crippen LogP contribution is -2.44. The van der Waals surface area contributed by atoms with E-state index in [1.807, 2.05) is 0 Å². The summed E-state index contributed by atoms with van der Waals surface area (Å²) in [4.78, 5) is 10.8. The first-order valence-electron chi connectivity index (χ1n) is 7.54. The molecule has 2 atom stereocenters. The van der Waals surface area contributed by atoms with Crippen LogP contribution in [-0.4, -0.2) is 29.8 Å². The lowest BCUT2D eigenvalue weighted by molar-refractivity contribution is -0.142. The minimum Gasteiger partial charge on any atom is -0.480 e. The maximum Gasteiger partial charge on any atom is 0.323 e. The summed E-state index contributed by atoms with van der Waals surface area (Å²) in [6, 6.07) is 0. The van der Waals surface area contributed by atoms with Gasteiger partial charge in [-0.05, 0) is 38.5 Å². The Balaban J connectivity index is 3.56. The summed E-state index contributed by atoms with van der Waals surface area (Å²) >= 11 is 0. The zero-order valence-electron chi connectivity index (χ0n) is 12.8. The molecule has 0 aromatic heterocycles. The molecule has 0 saturated heterocycles. The fourth-order valence-electron chi connectivity index (χ4n) is 1.95. The number of ether oxygens (including phenoxy) is 1. The molecule has 19 heavy (non-hydrogen) atoms. The molecule has 0 fully saturated rings. The Hall–Kier alpha value is -0.610. The monoisotopic (exact) mass is 273 g/mol. The SMILES string of the molecule is CCCCC(CC)COCCCCC(C)(N)C(=O)O. The van der Waals surface area contributed by atoms with Crippen molar-refractivity contribution in [2.45, 2.75) is 71.3 Å². The van der Waals surface area contributed by atoms with Gasteiger partial charge in [0.2, 0.25) is 0 Å². The molecule has 0 bridgehead atoms. The van der Waals surface area contributed by atoms with Crippen molar-refractivity contribution in [1.82, 2.24) is 0 Å². The van der Waals surface area contributed by atoms with Gasteiger partial charge in [-0.2, -0.15) is 0 Å². The smallest absolute Gasteiger partial charge is 0.323 e. The predicted molar refractivity (Wildman–Crippen MR) is 78.2 cm³/mol. The van der Waals surface area contributed by atoms with Gasteiger partial charge in [0.1, 0.15) is 5.54 Å². The Morgan fingerprint density at radius 1 is 1.32 bits per heavy atom. The first-order valence-corrected chi connectivity index (χ1v) is 7.54. The predicted octanol–water partition coefficient (Wildman–Crippen LogP) is 3.19. The number of hydrogen-bond acceptors (Lipinski definition) is 3. The lowest BCUT2D eigenvalue weighted by Gasteiger charge is -2.19. The Bertz CT molecular complexity index is 242. The van der Waals surface area contributed by atoms with Crippen LogP contribution in [-0.2, 0) is 9.53 Å². The molecular weight excluding hydrogens is 242 g/mol. The molecule has 4 nitrogen and oxygen atoms in total. The molecule has 0 rings (SSSR count). The van der Waals surface area contributed by atoms with Gasteiger partial charge in [0.05, 0.1) is 0 Å². The standard InChI is InChI=1S/C15H31NO3/c1-4-6-9-13(5-2)12-19-11-8-7-10-15(3,16)14(17)18/h13H,4-12,16H2,1-3H3,(H,17,18). The molecule has 0 aromatic rings. The van der Waals surface area contributed by atoms with Crippen molar-refractivity contribution < 1.29 is 14.6 Å². The van der Waals surface area contributed by atoms with E-state index in [1.165, 1.54) is 25.7 Å². The Kier molecular flexibility index (Phi) is 9.88. The van der Waals surface area contributed by atoms with Gasteiger partial charge in [-0.3, -0.25) is 4.79 Å². The molecule has 0 aliphatic heterocycles. The average Bonchev–Trinajstić information content (AvgIpc) is 2.36. The second kappa shape index (κ2) is 10.2. The van der Waals surface area contributed by atoms with Crippen LogP contribution < -0.4 is 5.73 Å². The van der Waals surface area contributed by atoms with Crippen LogP contribution in [0.2, 0.25) is 0 Å². The summed E-state index contributed by atoms with van der Waals surface area (Å²) < 4.78 is 5.67. The summed E-state index contributed by atoms with van der Waals surface area (Å²) in [6.45, 7) is 7.51. The molecule has 114 valence electrons. The van der Waals surface area contributed by atoms with Crippen molar-refractivity contribution in [2.75, 3.05) is 13.2 Å². The van der Waals surface area contributed by atoms with E-state index >= 15 is 0 Å². The Labute approximate surface area is 117 Å². The van der Waals surface area contributed by atoms with Gasteiger partial charge in [-0.25, -0.2) is 0 Å². The third-order valence-corrected chi connectivity index (χ3v) is 3.62. The first kappa shape index (κ1) is 18.4. The van der Waals surface area contributed by atoms with E-state index in [9.17, 15) is 4.79 Å². The van der Waals surface area contributed by atoms with Crippen LogP contribution in [0.3, 0.4) is 0 Å². The maximum atomic E-state index is 10.8. The molecule has 0 heterocycles. The fraction of sp³-hybridized carbons (Fsp3) is 0.933. The molecule has 4 heteroatoms. The van der Waals surface area contributed by atoms with Crippen LogP contribution in [0.1, 0.15) is 65.7 Å². The van der Waals surface area contributed by atoms with Crippen LogP contribution in [0, 0.1) is 5.92 Å². The van der Waals surface area contributed by atoms with Gasteiger partial charge in [0.25, 0.3) is 0 Å². The van der Waals surface area contributed by atoms with Crippen LogP contribution >= 0.6 is 0 Å². The van der Waals surface area contributed by atoms with E-state index in [2.05, 4.69) is 13.8 Å². The topological polar surface area (TPSA) is 72.5 Å². The van der Waals surface area contributed by atoms with E-state index in [-0.39, 0.29) is 0 Å². The highest BCUT2D eigenvalue weighted by Gasteiger charge is 2.26. The molecular formula is C15H31NO3. The van der Waals surface area contributed by atoms with E-state index < -0.39 is 11.5 Å². The van der Waals surface area contributed by atoms with Crippen molar-refractivity contribution in [1.29, 1.82) is 0 Å². The molecule has 0 spiro atoms. The zero-order chi connectivity index (χ0) is 14.7. The molecule has 0 saturated carbocycles. The van der Waals surface area contributed by atoms with Gasteiger partial charge in [-0.15, -0.1) is 0 Å². The minimum atomic E-state index is -1.10. The summed E-state index contributed by atoms with van der Waals surface area (Å²) in [6.07, 6.45) is 7.09. The zero-order valence-corrected chi connectivity index (χ0v) is 12.8.